The van der Waals surface area contributed by atoms with Gasteiger partial charge < -0.3 is 28.9 Å². The number of likely N-dealkylation sites (N-methyl/N-ethyl adjacent to an activating group) is 1. The third-order valence-corrected chi connectivity index (χ3v) is 3.85. The Morgan fingerprint density at radius 2 is 0.667 bits per heavy atom. The highest BCUT2D eigenvalue weighted by molar-refractivity contribution is 7.90. The van der Waals surface area contributed by atoms with Gasteiger partial charge in [-0.15, -0.1) is 7.92 Å². The number of sulfone groups is 2. The van der Waals surface area contributed by atoms with Crippen LogP contribution >= 0.6 is 15.1 Å². The van der Waals surface area contributed by atoms with Crippen molar-refractivity contribution in [3.05, 3.63) is 0 Å². The lowest BCUT2D eigenvalue weighted by Gasteiger charge is -2.17. The number of halogens is 4. The van der Waals surface area contributed by atoms with Crippen molar-refractivity contribution >= 4 is 109 Å². The normalized spacial score (nSPS) is 9.72. The maximum Gasteiger partial charge on any atom is 0.381 e. The molecule has 0 saturated carbocycles. The number of ketones is 9. The van der Waals surface area contributed by atoms with E-state index in [0.29, 0.717) is 19.7 Å². The van der Waals surface area contributed by atoms with Crippen molar-refractivity contribution in [1.82, 2.24) is 14.7 Å². The second-order valence-corrected chi connectivity index (χ2v) is 29.4. The van der Waals surface area contributed by atoms with Gasteiger partial charge in [0, 0.05) is 125 Å². The number of carbonyl (C=O) groups excluding carboxylic acids is 11. The first kappa shape index (κ1) is 97.6. The van der Waals surface area contributed by atoms with Gasteiger partial charge in [-0.2, -0.15) is 17.6 Å². The standard InChI is InChI=1S/C6H9F2NO2.C6H11F2NO.C5H9NO2.2C4H6O2.C3H9OP.2C3H6O.C3H9P.2C2H6O2S.C2H6OS/c1-4(10)6(7,8)5(11)9(2)3;1-5(10)6(7,8)4-9(2)3;1-4(7)5(8)6(2)3;2*1-3(5)4(2)6;1-5(2,3)4;2*1-3(2)4;1-4(2)3;2*1-5(2,3)4;1-4(2)3/h1-3H3;4H2,1-3H3;1-3H3;2*1-2H3;1-3H3;2*1-2H3;1-3H3;2*1-2H3;1-2H3. The minimum atomic E-state index is -3.87. The summed E-state index contributed by atoms with van der Waals surface area (Å²) in [7, 11) is 1.21. The Bertz CT molecular complexity index is 1790. The van der Waals surface area contributed by atoms with Crippen molar-refractivity contribution in [2.45, 2.75) is 88.0 Å². The number of hydrogen-bond donors (Lipinski definition) is 0. The highest BCUT2D eigenvalue weighted by Crippen LogP contribution is 2.28. The molecule has 0 aliphatic carbocycles. The van der Waals surface area contributed by atoms with E-state index in [9.17, 15) is 95.9 Å². The van der Waals surface area contributed by atoms with Gasteiger partial charge in [0.25, 0.3) is 5.91 Å². The van der Waals surface area contributed by atoms with Crippen LogP contribution in [0.3, 0.4) is 0 Å². The van der Waals surface area contributed by atoms with Gasteiger partial charge in [0.05, 0.1) is 13.7 Å². The molecule has 0 bridgehead atoms. The monoisotopic (exact) mass is 1150 g/mol. The molecular formula is C43H89F4N3O17P2S3. The van der Waals surface area contributed by atoms with E-state index in [1.165, 1.54) is 100 Å². The Hall–Kier alpha value is -3.64. The van der Waals surface area contributed by atoms with Gasteiger partial charge in [0.1, 0.15) is 31.2 Å². The van der Waals surface area contributed by atoms with E-state index in [1.54, 1.807) is 46.6 Å². The molecule has 0 atom stereocenters. The zero-order valence-electron chi connectivity index (χ0n) is 48.1. The van der Waals surface area contributed by atoms with E-state index < -0.39 is 85.2 Å². The molecule has 2 amide bonds. The molecule has 20 nitrogen and oxygen atoms in total. The number of hydrogen-bond acceptors (Lipinski definition) is 18. The molecule has 0 aliphatic rings. The number of rotatable bonds is 8. The van der Waals surface area contributed by atoms with Crippen LogP contribution in [0.25, 0.3) is 0 Å². The molecule has 29 heteroatoms. The number of Topliss-reactive ketones (excluding diaryl/α,β-unsaturated/α-hetero) is 9. The van der Waals surface area contributed by atoms with Crippen LogP contribution in [0, 0.1) is 0 Å². The Morgan fingerprint density at radius 3 is 0.694 bits per heavy atom. The SMILES string of the molecule is CC(=O)C(=O)N(C)C.CC(=O)C(C)=O.CC(=O)C(C)=O.CC(=O)C(F)(F)C(=O)N(C)C.CC(=O)C(F)(F)CN(C)C.CC(C)=O.CC(C)=O.CP(C)(C)=O.CP(C)C.CS(C)(=O)=O.CS(C)(=O)=O.CS(C)=O. The Morgan fingerprint density at radius 1 is 0.500 bits per heavy atom. The molecule has 0 aromatic heterocycles. The lowest BCUT2D eigenvalue weighted by molar-refractivity contribution is -0.163. The zero-order valence-corrected chi connectivity index (χ0v) is 52.4. The maximum atomic E-state index is 12.4. The molecule has 0 radical (unpaired) electrons. The van der Waals surface area contributed by atoms with Crippen LogP contribution in [0.5, 0.6) is 0 Å². The Labute approximate surface area is 432 Å². The van der Waals surface area contributed by atoms with Crippen molar-refractivity contribution < 1.29 is 95.9 Å². The smallest absolute Gasteiger partial charge is 0.343 e. The van der Waals surface area contributed by atoms with Gasteiger partial charge in [-0.3, -0.25) is 47.4 Å². The lowest BCUT2D eigenvalue weighted by atomic mass is 10.2. The summed E-state index contributed by atoms with van der Waals surface area (Å²) in [6, 6.07) is 0. The second-order valence-electron chi connectivity index (χ2n) is 16.9. The molecule has 0 heterocycles. The maximum absolute atomic E-state index is 12.4. The summed E-state index contributed by atoms with van der Waals surface area (Å²) in [5, 5.41) is 0. The first-order valence-electron chi connectivity index (χ1n) is 20.0. The predicted molar refractivity (Wildman–Crippen MR) is 285 cm³/mol. The first-order chi connectivity index (χ1) is 30.9. The van der Waals surface area contributed by atoms with Gasteiger partial charge in [0.15, 0.2) is 28.9 Å². The molecule has 434 valence electrons. The van der Waals surface area contributed by atoms with Crippen molar-refractivity contribution in [2.75, 3.05) is 126 Å². The largest absolute Gasteiger partial charge is 0.381 e. The number of alkyl halides is 4. The average molecular weight is 1150 g/mol. The van der Waals surface area contributed by atoms with Crippen molar-refractivity contribution in [3.63, 3.8) is 0 Å². The fourth-order valence-corrected chi connectivity index (χ4v) is 1.25. The summed E-state index contributed by atoms with van der Waals surface area (Å²) >= 11 is 0. The van der Waals surface area contributed by atoms with E-state index in [0.717, 1.165) is 31.9 Å². The highest BCUT2D eigenvalue weighted by Gasteiger charge is 2.45. The molecule has 0 saturated heterocycles. The topological polar surface area (TPSA) is 300 Å². The summed E-state index contributed by atoms with van der Waals surface area (Å²) in [5.41, 5.74) is 0. The van der Waals surface area contributed by atoms with Crippen LogP contribution in [0.2, 0.25) is 0 Å². The van der Waals surface area contributed by atoms with Crippen LogP contribution in [0.15, 0.2) is 0 Å². The minimum Gasteiger partial charge on any atom is -0.343 e. The third-order valence-electron chi connectivity index (χ3n) is 3.85. The molecule has 0 rings (SSSR count). The summed E-state index contributed by atoms with van der Waals surface area (Å²) in [6.45, 7) is 25.4. The molecule has 0 spiro atoms. The summed E-state index contributed by atoms with van der Waals surface area (Å²) in [6.07, 6.45) is 7.92. The summed E-state index contributed by atoms with van der Waals surface area (Å²) < 4.78 is 108. The van der Waals surface area contributed by atoms with Gasteiger partial charge >= 0.3 is 17.8 Å². The molecule has 72 heavy (non-hydrogen) atoms. The molecule has 0 aromatic rings. The average Bonchev–Trinajstić information content (AvgIpc) is 3.04. The van der Waals surface area contributed by atoms with Crippen molar-refractivity contribution in [1.29, 1.82) is 0 Å². The van der Waals surface area contributed by atoms with Crippen LogP contribution < -0.4 is 0 Å². The van der Waals surface area contributed by atoms with E-state index in [2.05, 4.69) is 20.0 Å². The molecule has 0 aliphatic heterocycles. The quantitative estimate of drug-likeness (QED) is 0.143. The molecule has 0 N–H and O–H groups in total. The number of amides is 2. The van der Waals surface area contributed by atoms with Gasteiger partial charge in [-0.05, 0) is 81.8 Å². The van der Waals surface area contributed by atoms with Crippen LogP contribution in [0.1, 0.15) is 76.2 Å². The predicted octanol–water partition coefficient (Wildman–Crippen LogP) is 4.17. The zero-order chi connectivity index (χ0) is 62.4. The second kappa shape index (κ2) is 52.2. The van der Waals surface area contributed by atoms with Gasteiger partial charge in [-0.1, -0.05) is 0 Å². The van der Waals surface area contributed by atoms with E-state index in [-0.39, 0.29) is 34.7 Å². The Balaban J connectivity index is -0.0000000555. The van der Waals surface area contributed by atoms with Crippen LogP contribution in [-0.2, 0) is 87.8 Å². The van der Waals surface area contributed by atoms with Crippen LogP contribution in [0.4, 0.5) is 17.6 Å². The Kier molecular flexibility index (Phi) is 70.8. The van der Waals surface area contributed by atoms with Gasteiger partial charge in [-0.25, -0.2) is 16.8 Å². The third kappa shape index (κ3) is 183. The van der Waals surface area contributed by atoms with Crippen molar-refractivity contribution in [3.8, 4) is 0 Å². The van der Waals surface area contributed by atoms with E-state index in [1.807, 2.05) is 0 Å². The highest BCUT2D eigenvalue weighted by atomic mass is 32.2. The van der Waals surface area contributed by atoms with Crippen LogP contribution in [-0.4, -0.2) is 238 Å². The molecule has 0 aromatic carbocycles. The molecular weight excluding hydrogens is 1060 g/mol. The fourth-order valence-electron chi connectivity index (χ4n) is 1.25. The summed E-state index contributed by atoms with van der Waals surface area (Å²) in [5.74, 6) is -13.1. The van der Waals surface area contributed by atoms with Gasteiger partial charge in [0.2, 0.25) is 11.6 Å². The molecule has 0 fully saturated rings. The lowest BCUT2D eigenvalue weighted by Crippen LogP contribution is -2.44. The summed E-state index contributed by atoms with van der Waals surface area (Å²) in [4.78, 5) is 113. The molecule has 0 unspecified atom stereocenters. The number of nitrogens with zero attached hydrogens (tertiary/aromatic N) is 3. The fraction of sp³-hybridized carbons (Fsp3) is 0.744. The van der Waals surface area contributed by atoms with E-state index in [4.69, 9.17) is 0 Å². The number of carbonyl (C=O) groups is 11. The minimum absolute atomic E-state index is 0.167. The van der Waals surface area contributed by atoms with Crippen molar-refractivity contribution in [2.24, 2.45) is 0 Å². The van der Waals surface area contributed by atoms with E-state index >= 15 is 0 Å². The first-order valence-corrected chi connectivity index (χ1v) is 32.2.